The molecule has 8 heteroatoms. The van der Waals surface area contributed by atoms with Gasteiger partial charge in [-0.25, -0.2) is 4.98 Å². The van der Waals surface area contributed by atoms with E-state index in [1.165, 1.54) is 17.6 Å². The lowest BCUT2D eigenvalue weighted by Crippen LogP contribution is -2.12. The summed E-state index contributed by atoms with van der Waals surface area (Å²) < 4.78 is 5.06. The van der Waals surface area contributed by atoms with Gasteiger partial charge < -0.3 is 15.1 Å². The summed E-state index contributed by atoms with van der Waals surface area (Å²) in [5, 5.41) is 8.43. The fourth-order valence-corrected chi connectivity index (χ4v) is 4.30. The number of thiophene rings is 1. The van der Waals surface area contributed by atoms with Crippen molar-refractivity contribution in [2.45, 2.75) is 6.92 Å². The molecule has 2 amide bonds. The molecule has 0 saturated heterocycles. The minimum Gasteiger partial charge on any atom is -0.459 e. The number of amides is 2. The number of rotatable bonds is 5. The zero-order valence-electron chi connectivity index (χ0n) is 14.8. The van der Waals surface area contributed by atoms with Gasteiger partial charge in [0.15, 0.2) is 5.76 Å². The molecule has 3 heterocycles. The lowest BCUT2D eigenvalue weighted by atomic mass is 10.2. The number of thiazole rings is 1. The quantitative estimate of drug-likeness (QED) is 0.470. The number of carbonyl (C=O) groups is 2. The molecule has 4 rings (SSSR count). The molecule has 0 radical (unpaired) electrons. The highest BCUT2D eigenvalue weighted by atomic mass is 32.1. The Balaban J connectivity index is 1.43. The first-order valence-corrected chi connectivity index (χ1v) is 10.1. The van der Waals surface area contributed by atoms with Crippen LogP contribution in [0.1, 0.15) is 25.9 Å². The SMILES string of the molecule is Cc1nc(-c2cccs2)sc1C(=O)Nc1ccc(NC(=O)c2ccco2)cc1. The first-order valence-electron chi connectivity index (χ1n) is 8.38. The van der Waals surface area contributed by atoms with Crippen LogP contribution in [0, 0.1) is 6.92 Å². The number of carbonyl (C=O) groups excluding carboxylic acids is 2. The third-order valence-corrected chi connectivity index (χ3v) is 6.08. The van der Waals surface area contributed by atoms with E-state index in [9.17, 15) is 9.59 Å². The van der Waals surface area contributed by atoms with Gasteiger partial charge in [0.2, 0.25) is 0 Å². The number of anilines is 2. The second-order valence-electron chi connectivity index (χ2n) is 5.87. The molecule has 28 heavy (non-hydrogen) atoms. The fourth-order valence-electron chi connectivity index (χ4n) is 2.54. The smallest absolute Gasteiger partial charge is 0.291 e. The Labute approximate surface area is 168 Å². The summed E-state index contributed by atoms with van der Waals surface area (Å²) in [6.45, 7) is 1.83. The van der Waals surface area contributed by atoms with Crippen molar-refractivity contribution >= 4 is 45.9 Å². The minimum absolute atomic E-state index is 0.204. The van der Waals surface area contributed by atoms with Crippen LogP contribution in [0.5, 0.6) is 0 Å². The van der Waals surface area contributed by atoms with Crippen LogP contribution in [-0.2, 0) is 0 Å². The molecule has 6 nitrogen and oxygen atoms in total. The van der Waals surface area contributed by atoms with E-state index in [1.807, 2.05) is 24.4 Å². The second-order valence-corrected chi connectivity index (χ2v) is 7.82. The first-order chi connectivity index (χ1) is 13.6. The largest absolute Gasteiger partial charge is 0.459 e. The van der Waals surface area contributed by atoms with Gasteiger partial charge in [0.1, 0.15) is 9.88 Å². The number of benzene rings is 1. The Morgan fingerprint density at radius 2 is 1.68 bits per heavy atom. The van der Waals surface area contributed by atoms with Crippen LogP contribution in [-0.4, -0.2) is 16.8 Å². The van der Waals surface area contributed by atoms with Crippen LogP contribution in [0.15, 0.2) is 64.6 Å². The minimum atomic E-state index is -0.330. The van der Waals surface area contributed by atoms with Crippen LogP contribution in [0.25, 0.3) is 9.88 Å². The highest BCUT2D eigenvalue weighted by Gasteiger charge is 2.17. The van der Waals surface area contributed by atoms with Crippen LogP contribution < -0.4 is 10.6 Å². The van der Waals surface area contributed by atoms with Gasteiger partial charge in [0.25, 0.3) is 11.8 Å². The van der Waals surface area contributed by atoms with Gasteiger partial charge in [-0.05, 0) is 54.8 Å². The molecule has 0 aliphatic heterocycles. The van der Waals surface area contributed by atoms with Crippen molar-refractivity contribution < 1.29 is 14.0 Å². The maximum absolute atomic E-state index is 12.6. The third kappa shape index (κ3) is 3.88. The highest BCUT2D eigenvalue weighted by Crippen LogP contribution is 2.31. The van der Waals surface area contributed by atoms with Crippen LogP contribution >= 0.6 is 22.7 Å². The van der Waals surface area contributed by atoms with Crippen molar-refractivity contribution in [3.8, 4) is 9.88 Å². The molecule has 0 aliphatic rings. The highest BCUT2D eigenvalue weighted by molar-refractivity contribution is 7.22. The zero-order valence-corrected chi connectivity index (χ0v) is 16.4. The Kier molecular flexibility index (Phi) is 5.05. The summed E-state index contributed by atoms with van der Waals surface area (Å²) in [7, 11) is 0. The lowest BCUT2D eigenvalue weighted by Gasteiger charge is -2.07. The average Bonchev–Trinajstić information content (AvgIpc) is 3.44. The summed E-state index contributed by atoms with van der Waals surface area (Å²) in [4.78, 5) is 30.7. The van der Waals surface area contributed by atoms with E-state index in [1.54, 1.807) is 47.7 Å². The number of nitrogens with one attached hydrogen (secondary N) is 2. The van der Waals surface area contributed by atoms with E-state index < -0.39 is 0 Å². The van der Waals surface area contributed by atoms with E-state index in [2.05, 4.69) is 15.6 Å². The molecule has 0 fully saturated rings. The maximum Gasteiger partial charge on any atom is 0.291 e. The van der Waals surface area contributed by atoms with E-state index in [0.29, 0.717) is 21.9 Å². The number of aromatic nitrogens is 1. The van der Waals surface area contributed by atoms with Crippen LogP contribution in [0.2, 0.25) is 0 Å². The van der Waals surface area contributed by atoms with Gasteiger partial charge in [-0.3, -0.25) is 9.59 Å². The summed E-state index contributed by atoms with van der Waals surface area (Å²) in [6.07, 6.45) is 1.44. The average molecular weight is 409 g/mol. The first kappa shape index (κ1) is 18.1. The molecule has 0 atom stereocenters. The number of nitrogens with zero attached hydrogens (tertiary/aromatic N) is 1. The second kappa shape index (κ2) is 7.79. The van der Waals surface area contributed by atoms with Gasteiger partial charge in [0, 0.05) is 11.4 Å². The number of aryl methyl sites for hydroxylation is 1. The van der Waals surface area contributed by atoms with Crippen LogP contribution in [0.3, 0.4) is 0 Å². The van der Waals surface area contributed by atoms with E-state index in [4.69, 9.17) is 4.42 Å². The molecule has 0 aliphatic carbocycles. The molecule has 2 N–H and O–H groups in total. The molecule has 140 valence electrons. The van der Waals surface area contributed by atoms with Gasteiger partial charge in [-0.15, -0.1) is 22.7 Å². The lowest BCUT2D eigenvalue weighted by molar-refractivity contribution is 0.0994. The summed E-state index contributed by atoms with van der Waals surface area (Å²) in [5.74, 6) is -0.298. The normalized spacial score (nSPS) is 10.6. The summed E-state index contributed by atoms with van der Waals surface area (Å²) >= 11 is 2.97. The van der Waals surface area contributed by atoms with E-state index in [-0.39, 0.29) is 17.6 Å². The van der Waals surface area contributed by atoms with Gasteiger partial charge in [0.05, 0.1) is 16.8 Å². The Bertz CT molecular complexity index is 1100. The van der Waals surface area contributed by atoms with E-state index >= 15 is 0 Å². The number of furan rings is 1. The molecule has 4 aromatic rings. The summed E-state index contributed by atoms with van der Waals surface area (Å²) in [6, 6.07) is 14.1. The van der Waals surface area contributed by atoms with Crippen molar-refractivity contribution in [2.24, 2.45) is 0 Å². The molecule has 0 bridgehead atoms. The molecule has 3 aromatic heterocycles. The van der Waals surface area contributed by atoms with Crippen molar-refractivity contribution in [3.05, 3.63) is 76.5 Å². The monoisotopic (exact) mass is 409 g/mol. The third-order valence-electron chi connectivity index (χ3n) is 3.88. The Morgan fingerprint density at radius 1 is 0.964 bits per heavy atom. The molecule has 0 spiro atoms. The van der Waals surface area contributed by atoms with E-state index in [0.717, 1.165) is 9.88 Å². The topological polar surface area (TPSA) is 84.2 Å². The van der Waals surface area contributed by atoms with Gasteiger partial charge in [-0.1, -0.05) is 6.07 Å². The number of hydrogen-bond acceptors (Lipinski definition) is 6. The van der Waals surface area contributed by atoms with Gasteiger partial charge in [-0.2, -0.15) is 0 Å². The number of hydrogen-bond donors (Lipinski definition) is 2. The predicted molar refractivity (Wildman–Crippen MR) is 111 cm³/mol. The zero-order chi connectivity index (χ0) is 19.5. The summed E-state index contributed by atoms with van der Waals surface area (Å²) in [5.41, 5.74) is 1.94. The molecule has 1 aromatic carbocycles. The molecular formula is C20H15N3O3S2. The standard InChI is InChI=1S/C20H15N3O3S2/c1-12-17(28-20(21-12)16-5-3-11-27-16)19(25)23-14-8-6-13(7-9-14)22-18(24)15-4-2-10-26-15/h2-11H,1H3,(H,22,24)(H,23,25). The molecule has 0 unspecified atom stereocenters. The Morgan fingerprint density at radius 3 is 2.29 bits per heavy atom. The Hall–Kier alpha value is -3.23. The maximum atomic E-state index is 12.6. The van der Waals surface area contributed by atoms with Crippen molar-refractivity contribution in [2.75, 3.05) is 10.6 Å². The molecule has 0 saturated carbocycles. The van der Waals surface area contributed by atoms with Crippen molar-refractivity contribution in [1.82, 2.24) is 4.98 Å². The van der Waals surface area contributed by atoms with Gasteiger partial charge >= 0.3 is 0 Å². The van der Waals surface area contributed by atoms with Crippen molar-refractivity contribution in [1.29, 1.82) is 0 Å². The van der Waals surface area contributed by atoms with Crippen molar-refractivity contribution in [3.63, 3.8) is 0 Å². The van der Waals surface area contributed by atoms with Crippen LogP contribution in [0.4, 0.5) is 11.4 Å². The predicted octanol–water partition coefficient (Wildman–Crippen LogP) is 5.28. The molecular weight excluding hydrogens is 394 g/mol. The fraction of sp³-hybridized carbons (Fsp3) is 0.0500.